The zero-order valence-electron chi connectivity index (χ0n) is 16.2. The molecule has 1 fully saturated rings. The lowest BCUT2D eigenvalue weighted by atomic mass is 10.1. The molecule has 0 atom stereocenters. The number of nitrogens with one attached hydrogen (secondary N) is 1. The average Bonchev–Trinajstić information content (AvgIpc) is 2.72. The number of hydrogen-bond donors (Lipinski definition) is 1. The number of hydrogen-bond acceptors (Lipinski definition) is 4. The van der Waals surface area contributed by atoms with Gasteiger partial charge in [-0.2, -0.15) is 0 Å². The summed E-state index contributed by atoms with van der Waals surface area (Å²) in [5, 5.41) is 2.98. The fourth-order valence-electron chi connectivity index (χ4n) is 3.21. The molecule has 1 saturated heterocycles. The first-order chi connectivity index (χ1) is 13.6. The van der Waals surface area contributed by atoms with E-state index in [9.17, 15) is 4.79 Å². The van der Waals surface area contributed by atoms with E-state index in [0.29, 0.717) is 12.8 Å². The second kappa shape index (κ2) is 10.6. The first-order valence-corrected chi connectivity index (χ1v) is 10.4. The smallest absolute Gasteiger partial charge is 0.224 e. The Morgan fingerprint density at radius 2 is 1.82 bits per heavy atom. The van der Waals surface area contributed by atoms with Crippen molar-refractivity contribution in [3.63, 3.8) is 0 Å². The third kappa shape index (κ3) is 6.33. The molecule has 1 amide bonds. The first-order valence-electron chi connectivity index (χ1n) is 9.65. The van der Waals surface area contributed by atoms with Gasteiger partial charge in [0.1, 0.15) is 5.75 Å². The fourth-order valence-corrected chi connectivity index (χ4v) is 3.80. The maximum atomic E-state index is 12.2. The minimum absolute atomic E-state index is 0.0213. The van der Waals surface area contributed by atoms with E-state index < -0.39 is 0 Å². The summed E-state index contributed by atoms with van der Waals surface area (Å²) in [4.78, 5) is 14.7. The number of rotatable bonds is 8. The van der Waals surface area contributed by atoms with Crippen LogP contribution < -0.4 is 10.1 Å². The average molecular weight is 447 g/mol. The molecule has 6 heteroatoms. The number of methoxy groups -OCH3 is 1. The van der Waals surface area contributed by atoms with E-state index >= 15 is 0 Å². The van der Waals surface area contributed by atoms with Crippen molar-refractivity contribution in [2.75, 3.05) is 45.3 Å². The van der Waals surface area contributed by atoms with E-state index in [4.69, 9.17) is 9.47 Å². The van der Waals surface area contributed by atoms with Crippen LogP contribution in [0.4, 0.5) is 5.69 Å². The van der Waals surface area contributed by atoms with Gasteiger partial charge in [0, 0.05) is 31.7 Å². The summed E-state index contributed by atoms with van der Waals surface area (Å²) in [6, 6.07) is 14.0. The number of morpholine rings is 1. The molecule has 0 saturated carbocycles. The second-order valence-corrected chi connectivity index (χ2v) is 7.77. The van der Waals surface area contributed by atoms with Gasteiger partial charge in [0.25, 0.3) is 0 Å². The van der Waals surface area contributed by atoms with Crippen LogP contribution >= 0.6 is 15.9 Å². The van der Waals surface area contributed by atoms with Crippen molar-refractivity contribution in [2.24, 2.45) is 0 Å². The molecule has 0 radical (unpaired) electrons. The largest absolute Gasteiger partial charge is 0.496 e. The summed E-state index contributed by atoms with van der Waals surface area (Å²) in [7, 11) is 1.64. The monoisotopic (exact) mass is 446 g/mol. The van der Waals surface area contributed by atoms with E-state index in [1.165, 1.54) is 5.56 Å². The number of carbonyl (C=O) groups is 1. The van der Waals surface area contributed by atoms with Gasteiger partial charge >= 0.3 is 0 Å². The van der Waals surface area contributed by atoms with Crippen LogP contribution in [0.25, 0.3) is 0 Å². The number of nitrogens with zero attached hydrogens (tertiary/aromatic N) is 1. The van der Waals surface area contributed by atoms with Gasteiger partial charge in [-0.25, -0.2) is 0 Å². The Morgan fingerprint density at radius 3 is 2.50 bits per heavy atom. The normalized spacial score (nSPS) is 14.6. The van der Waals surface area contributed by atoms with E-state index in [1.54, 1.807) is 7.11 Å². The highest BCUT2D eigenvalue weighted by molar-refractivity contribution is 9.10. The molecular formula is C22H27BrN2O3. The molecule has 1 heterocycles. The highest BCUT2D eigenvalue weighted by Crippen LogP contribution is 2.26. The summed E-state index contributed by atoms with van der Waals surface area (Å²) in [5.74, 6) is 0.815. The lowest BCUT2D eigenvalue weighted by Crippen LogP contribution is -2.37. The van der Waals surface area contributed by atoms with Crippen LogP contribution in [0.3, 0.4) is 0 Å². The van der Waals surface area contributed by atoms with Crippen molar-refractivity contribution >= 4 is 27.5 Å². The van der Waals surface area contributed by atoms with Gasteiger partial charge in [-0.05, 0) is 64.2 Å². The standard InChI is InChI=1S/C22H27BrN2O3/c1-27-21-8-4-18(16-20(21)23)5-9-22(26)24-19-6-2-17(3-7-19)10-11-25-12-14-28-15-13-25/h2-4,6-8,16H,5,9-15H2,1H3,(H,24,26). The molecule has 2 aromatic carbocycles. The Morgan fingerprint density at radius 1 is 1.11 bits per heavy atom. The molecule has 1 N–H and O–H groups in total. The van der Waals surface area contributed by atoms with Gasteiger partial charge in [-0.1, -0.05) is 18.2 Å². The van der Waals surface area contributed by atoms with Crippen LogP contribution in [0.15, 0.2) is 46.9 Å². The zero-order chi connectivity index (χ0) is 19.8. The van der Waals surface area contributed by atoms with E-state index in [-0.39, 0.29) is 5.91 Å². The lowest BCUT2D eigenvalue weighted by molar-refractivity contribution is -0.116. The molecule has 0 unspecified atom stereocenters. The van der Waals surface area contributed by atoms with Crippen LogP contribution in [0.2, 0.25) is 0 Å². The van der Waals surface area contributed by atoms with Gasteiger partial charge in [0.2, 0.25) is 5.91 Å². The summed E-state index contributed by atoms with van der Waals surface area (Å²) < 4.78 is 11.5. The summed E-state index contributed by atoms with van der Waals surface area (Å²) in [6.45, 7) is 4.74. The maximum absolute atomic E-state index is 12.2. The molecule has 0 spiro atoms. The van der Waals surface area contributed by atoms with Crippen molar-refractivity contribution < 1.29 is 14.3 Å². The van der Waals surface area contributed by atoms with E-state index in [0.717, 1.165) is 60.7 Å². The Labute approximate surface area is 175 Å². The van der Waals surface area contributed by atoms with Gasteiger partial charge in [-0.3, -0.25) is 9.69 Å². The van der Waals surface area contributed by atoms with Crippen LogP contribution in [-0.2, 0) is 22.4 Å². The Bertz CT molecular complexity index is 774. The van der Waals surface area contributed by atoms with Crippen molar-refractivity contribution in [1.82, 2.24) is 4.90 Å². The second-order valence-electron chi connectivity index (χ2n) is 6.92. The Hall–Kier alpha value is -1.89. The minimum Gasteiger partial charge on any atom is -0.496 e. The molecule has 0 bridgehead atoms. The Balaban J connectivity index is 1.43. The SMILES string of the molecule is COc1ccc(CCC(=O)Nc2ccc(CCN3CCOCC3)cc2)cc1Br. The molecule has 1 aliphatic rings. The summed E-state index contributed by atoms with van der Waals surface area (Å²) in [6.07, 6.45) is 2.14. The van der Waals surface area contributed by atoms with Crippen molar-refractivity contribution in [1.29, 1.82) is 0 Å². The van der Waals surface area contributed by atoms with E-state index in [2.05, 4.69) is 38.3 Å². The number of aryl methyl sites for hydroxylation is 1. The number of ether oxygens (including phenoxy) is 2. The van der Waals surface area contributed by atoms with Crippen LogP contribution in [0.1, 0.15) is 17.5 Å². The summed E-state index contributed by atoms with van der Waals surface area (Å²) in [5.41, 5.74) is 3.23. The van der Waals surface area contributed by atoms with Crippen LogP contribution in [0.5, 0.6) is 5.75 Å². The number of anilines is 1. The van der Waals surface area contributed by atoms with Crippen LogP contribution in [-0.4, -0.2) is 50.8 Å². The predicted molar refractivity (Wildman–Crippen MR) is 115 cm³/mol. The third-order valence-electron chi connectivity index (χ3n) is 4.92. The van der Waals surface area contributed by atoms with Crippen molar-refractivity contribution in [2.45, 2.75) is 19.3 Å². The highest BCUT2D eigenvalue weighted by Gasteiger charge is 2.10. The van der Waals surface area contributed by atoms with Gasteiger partial charge in [0.15, 0.2) is 0 Å². The van der Waals surface area contributed by atoms with Gasteiger partial charge < -0.3 is 14.8 Å². The third-order valence-corrected chi connectivity index (χ3v) is 5.53. The molecule has 2 aromatic rings. The lowest BCUT2D eigenvalue weighted by Gasteiger charge is -2.26. The number of benzene rings is 2. The van der Waals surface area contributed by atoms with Crippen molar-refractivity contribution in [3.8, 4) is 5.75 Å². The first kappa shape index (κ1) is 20.8. The molecule has 3 rings (SSSR count). The Kier molecular flexibility index (Phi) is 7.89. The number of carbonyl (C=O) groups excluding carboxylic acids is 1. The zero-order valence-corrected chi connectivity index (χ0v) is 17.8. The fraction of sp³-hybridized carbons (Fsp3) is 0.409. The van der Waals surface area contributed by atoms with Gasteiger partial charge in [-0.15, -0.1) is 0 Å². The maximum Gasteiger partial charge on any atom is 0.224 e. The predicted octanol–water partition coefficient (Wildman–Crippen LogP) is 3.90. The quantitative estimate of drug-likeness (QED) is 0.667. The number of amides is 1. The minimum atomic E-state index is 0.0213. The molecule has 1 aliphatic heterocycles. The molecule has 0 aromatic heterocycles. The summed E-state index contributed by atoms with van der Waals surface area (Å²) >= 11 is 3.48. The highest BCUT2D eigenvalue weighted by atomic mass is 79.9. The molecule has 28 heavy (non-hydrogen) atoms. The molecule has 5 nitrogen and oxygen atoms in total. The molecule has 0 aliphatic carbocycles. The molecular weight excluding hydrogens is 420 g/mol. The van der Waals surface area contributed by atoms with E-state index in [1.807, 2.05) is 30.3 Å². The number of halogens is 1. The topological polar surface area (TPSA) is 50.8 Å². The van der Waals surface area contributed by atoms with Gasteiger partial charge in [0.05, 0.1) is 24.8 Å². The molecule has 150 valence electrons. The van der Waals surface area contributed by atoms with Crippen LogP contribution in [0, 0.1) is 0 Å². The van der Waals surface area contributed by atoms with Crippen molar-refractivity contribution in [3.05, 3.63) is 58.1 Å².